The van der Waals surface area contributed by atoms with Gasteiger partial charge >= 0.3 is 0 Å². The number of carbonyl (C=O) groups is 4. The first-order valence-corrected chi connectivity index (χ1v) is 20.2. The number of fused-ring (bicyclic) bond motifs is 4. The van der Waals surface area contributed by atoms with Gasteiger partial charge in [0.2, 0.25) is 17.6 Å². The molecule has 8 rings (SSSR count). The van der Waals surface area contributed by atoms with Gasteiger partial charge in [0.05, 0.1) is 23.4 Å². The Morgan fingerprint density at radius 3 is 2.09 bits per heavy atom. The first-order valence-electron chi connectivity index (χ1n) is 17.9. The highest BCUT2D eigenvalue weighted by Crippen LogP contribution is 2.67. The second-order valence-corrected chi connectivity index (χ2v) is 17.7. The summed E-state index contributed by atoms with van der Waals surface area (Å²) in [4.78, 5) is 55.8. The van der Waals surface area contributed by atoms with E-state index in [0.29, 0.717) is 32.5 Å². The molecule has 2 aliphatic carbocycles. The van der Waals surface area contributed by atoms with Crippen LogP contribution in [0.3, 0.4) is 0 Å². The second kappa shape index (κ2) is 14.3. The van der Waals surface area contributed by atoms with Crippen molar-refractivity contribution in [2.24, 2.45) is 17.8 Å². The molecule has 4 amide bonds. The number of phenolic OH excluding ortho intramolecular Hbond substituents is 1. The number of alkyl halides is 2. The number of amides is 4. The lowest BCUT2D eigenvalue weighted by Crippen LogP contribution is -2.60. The summed E-state index contributed by atoms with van der Waals surface area (Å²) in [6.45, 7) is 1.91. The van der Waals surface area contributed by atoms with Gasteiger partial charge in [0, 0.05) is 36.1 Å². The Labute approximate surface area is 348 Å². The van der Waals surface area contributed by atoms with Crippen molar-refractivity contribution >= 4 is 84.4 Å². The van der Waals surface area contributed by atoms with Crippen molar-refractivity contribution in [3.8, 4) is 11.5 Å². The molecular weight excluding hydrogens is 932 g/mol. The molecule has 3 heterocycles. The van der Waals surface area contributed by atoms with E-state index >= 15 is 8.78 Å². The quantitative estimate of drug-likeness (QED) is 0.0671. The SMILES string of the molecule is COc1cc([C@H]2C3=CC[C@@H]4C(=O)N(C5CCN(Cc6ccccc6)CC5)C(=O)[C@@H]4[C@@H]3C[C@@]3(Cl)C(=O)N(c4c(F)c(F)c(F)c(F)c4F)C(=O)[C@@]23Cl)c(Br)c(Br)c1O. The van der Waals surface area contributed by atoms with Gasteiger partial charge in [0.1, 0.15) is 5.69 Å². The minimum Gasteiger partial charge on any atom is -0.503 e. The monoisotopic (exact) mass is 959 g/mol. The molecule has 9 nitrogen and oxygen atoms in total. The van der Waals surface area contributed by atoms with Crippen molar-refractivity contribution in [3.05, 3.63) is 97.2 Å². The largest absolute Gasteiger partial charge is 0.503 e. The van der Waals surface area contributed by atoms with Gasteiger partial charge < -0.3 is 9.84 Å². The summed E-state index contributed by atoms with van der Waals surface area (Å²) in [7, 11) is 1.23. The molecule has 57 heavy (non-hydrogen) atoms. The van der Waals surface area contributed by atoms with Crippen LogP contribution in [-0.2, 0) is 25.7 Å². The fourth-order valence-corrected chi connectivity index (χ4v) is 11.3. The molecule has 3 aromatic rings. The van der Waals surface area contributed by atoms with Crippen LogP contribution in [0.2, 0.25) is 0 Å². The number of nitrogens with zero attached hydrogens (tertiary/aromatic N) is 3. The van der Waals surface area contributed by atoms with Crippen molar-refractivity contribution in [1.82, 2.24) is 9.80 Å². The van der Waals surface area contributed by atoms with Gasteiger partial charge in [-0.2, -0.15) is 0 Å². The van der Waals surface area contributed by atoms with Crippen LogP contribution in [0.5, 0.6) is 11.5 Å². The molecule has 3 aromatic carbocycles. The van der Waals surface area contributed by atoms with Gasteiger partial charge in [-0.15, -0.1) is 23.2 Å². The van der Waals surface area contributed by atoms with Crippen LogP contribution in [-0.4, -0.2) is 74.5 Å². The van der Waals surface area contributed by atoms with E-state index in [4.69, 9.17) is 27.9 Å². The summed E-state index contributed by atoms with van der Waals surface area (Å²) in [6.07, 6.45) is 1.99. The number of imide groups is 2. The lowest BCUT2D eigenvalue weighted by atomic mass is 9.56. The van der Waals surface area contributed by atoms with Crippen molar-refractivity contribution in [2.75, 3.05) is 25.1 Å². The van der Waals surface area contributed by atoms with Crippen LogP contribution in [0.25, 0.3) is 0 Å². The third-order valence-corrected chi connectivity index (χ3v) is 15.7. The fraction of sp³-hybridized carbons (Fsp3) is 0.385. The van der Waals surface area contributed by atoms with Crippen molar-refractivity contribution in [1.29, 1.82) is 0 Å². The number of benzene rings is 3. The van der Waals surface area contributed by atoms with E-state index in [-0.39, 0.29) is 37.2 Å². The van der Waals surface area contributed by atoms with E-state index in [1.807, 2.05) is 30.3 Å². The number of carbonyl (C=O) groups excluding carboxylic acids is 4. The first-order chi connectivity index (χ1) is 27.0. The number of allylic oxidation sites excluding steroid dienone is 2. The zero-order valence-corrected chi connectivity index (χ0v) is 34.3. The number of rotatable bonds is 6. The predicted octanol–water partition coefficient (Wildman–Crippen LogP) is 7.85. The molecule has 4 fully saturated rings. The van der Waals surface area contributed by atoms with E-state index in [1.165, 1.54) is 18.1 Å². The number of hydrogen-bond acceptors (Lipinski definition) is 7. The fourth-order valence-electron chi connectivity index (χ4n) is 9.45. The third kappa shape index (κ3) is 5.66. The predicted molar refractivity (Wildman–Crippen MR) is 203 cm³/mol. The van der Waals surface area contributed by atoms with E-state index in [9.17, 15) is 37.5 Å². The molecule has 0 bridgehead atoms. The Morgan fingerprint density at radius 2 is 1.47 bits per heavy atom. The summed E-state index contributed by atoms with van der Waals surface area (Å²) < 4.78 is 79.6. The Bertz CT molecular complexity index is 2290. The minimum absolute atomic E-state index is 0.000674. The average Bonchev–Trinajstić information content (AvgIpc) is 3.54. The molecule has 3 saturated heterocycles. The summed E-state index contributed by atoms with van der Waals surface area (Å²) in [6, 6.07) is 10.7. The minimum atomic E-state index is -2.75. The van der Waals surface area contributed by atoms with Crippen LogP contribution in [0.4, 0.5) is 27.6 Å². The maximum atomic E-state index is 15.4. The molecule has 5 aliphatic rings. The van der Waals surface area contributed by atoms with Gasteiger partial charge in [0.25, 0.3) is 11.8 Å². The Hall–Kier alpha value is -3.57. The highest BCUT2D eigenvalue weighted by molar-refractivity contribution is 9.13. The number of halogens is 9. The van der Waals surface area contributed by atoms with Crippen LogP contribution in [0.15, 0.2) is 57.0 Å². The van der Waals surface area contributed by atoms with Crippen molar-refractivity contribution in [3.63, 3.8) is 0 Å². The lowest BCUT2D eigenvalue weighted by molar-refractivity contribution is -0.144. The number of methoxy groups -OCH3 is 1. The van der Waals surface area contributed by atoms with Gasteiger partial charge in [-0.25, -0.2) is 26.9 Å². The van der Waals surface area contributed by atoms with Crippen LogP contribution >= 0.6 is 55.1 Å². The van der Waals surface area contributed by atoms with Gasteiger partial charge in [-0.05, 0) is 80.7 Å². The van der Waals surface area contributed by atoms with Gasteiger partial charge in [-0.1, -0.05) is 42.0 Å². The van der Waals surface area contributed by atoms with Gasteiger partial charge in [-0.3, -0.25) is 29.0 Å². The number of phenols is 1. The molecule has 0 unspecified atom stereocenters. The topological polar surface area (TPSA) is 107 Å². The Morgan fingerprint density at radius 1 is 0.860 bits per heavy atom. The molecule has 1 N–H and O–H groups in total. The number of likely N-dealkylation sites (tertiary alicyclic amines) is 2. The van der Waals surface area contributed by atoms with Crippen LogP contribution < -0.4 is 9.64 Å². The second-order valence-electron chi connectivity index (χ2n) is 14.9. The summed E-state index contributed by atoms with van der Waals surface area (Å²) in [5, 5.41) is 10.8. The molecule has 0 radical (unpaired) electrons. The number of ether oxygens (including phenoxy) is 1. The zero-order chi connectivity index (χ0) is 41.0. The van der Waals surface area contributed by atoms with E-state index in [2.05, 4.69) is 36.8 Å². The molecular formula is C39H30Br2Cl2F5N3O6. The van der Waals surface area contributed by atoms with E-state index in [0.717, 1.165) is 5.56 Å². The highest BCUT2D eigenvalue weighted by Gasteiger charge is 2.77. The number of anilines is 1. The smallest absolute Gasteiger partial charge is 0.258 e. The standard InChI is InChI=1S/C39H30Br2Cl2F5N3O6/c1-57-22-13-20(25(40)26(41)33(22)52)24-18-7-8-19-23(35(54)50(34(19)53)17-9-11-49(12-10-17)15-16-5-3-2-4-6-16)21(18)14-38(42)36(55)51(37(56)39(24,38)43)32-30(47)28(45)27(44)29(46)31(32)48/h2-7,13,17,19,21,23-24,52H,8-12,14-15H2,1H3/t19-,21+,23-,24+,38+,39-/m0/s1. The molecule has 3 aliphatic heterocycles. The summed E-state index contributed by atoms with van der Waals surface area (Å²) in [5.41, 5.74) is -0.436. The molecule has 1 saturated carbocycles. The number of aromatic hydroxyl groups is 1. The van der Waals surface area contributed by atoms with Crippen LogP contribution in [0.1, 0.15) is 42.7 Å². The third-order valence-electron chi connectivity index (χ3n) is 12.1. The average molecular weight is 962 g/mol. The van der Waals surface area contributed by atoms with Crippen LogP contribution in [0, 0.1) is 46.8 Å². The molecule has 0 spiro atoms. The summed E-state index contributed by atoms with van der Waals surface area (Å²) >= 11 is 21.2. The van der Waals surface area contributed by atoms with Gasteiger partial charge in [0.15, 0.2) is 44.5 Å². The highest BCUT2D eigenvalue weighted by atomic mass is 79.9. The van der Waals surface area contributed by atoms with E-state index in [1.54, 1.807) is 6.08 Å². The summed E-state index contributed by atoms with van der Waals surface area (Å²) in [5.74, 6) is -21.7. The maximum Gasteiger partial charge on any atom is 0.258 e. The van der Waals surface area contributed by atoms with E-state index < -0.39 is 110 Å². The Balaban J connectivity index is 1.22. The zero-order valence-electron chi connectivity index (χ0n) is 29.6. The lowest BCUT2D eigenvalue weighted by Gasteiger charge is -2.51. The first kappa shape index (κ1) is 40.2. The van der Waals surface area contributed by atoms with Crippen molar-refractivity contribution < 1.29 is 51.0 Å². The molecule has 300 valence electrons. The van der Waals surface area contributed by atoms with Crippen molar-refractivity contribution in [2.45, 2.75) is 53.9 Å². The number of hydrogen-bond donors (Lipinski definition) is 1. The number of piperidine rings is 1. The Kier molecular flexibility index (Phi) is 10.1. The molecule has 0 aromatic heterocycles. The maximum absolute atomic E-state index is 15.4. The molecule has 6 atom stereocenters. The normalized spacial score (nSPS) is 29.1. The molecule has 18 heteroatoms.